The molecule has 172 valence electrons. The van der Waals surface area contributed by atoms with Gasteiger partial charge in [-0.05, 0) is 63.4 Å². The Kier molecular flexibility index (Phi) is 7.09. The summed E-state index contributed by atoms with van der Waals surface area (Å²) < 4.78 is 1.99. The van der Waals surface area contributed by atoms with Crippen LogP contribution in [0.5, 0.6) is 0 Å². The molecule has 2 aromatic heterocycles. The Morgan fingerprint density at radius 2 is 2.12 bits per heavy atom. The van der Waals surface area contributed by atoms with Crippen LogP contribution in [0.3, 0.4) is 0 Å². The van der Waals surface area contributed by atoms with Gasteiger partial charge in [0.05, 0.1) is 0 Å². The van der Waals surface area contributed by atoms with Crippen molar-refractivity contribution in [2.45, 2.75) is 52.6 Å². The first kappa shape index (κ1) is 22.3. The second-order valence-corrected chi connectivity index (χ2v) is 8.68. The number of aromatic nitrogens is 4. The maximum absolute atomic E-state index is 4.82. The number of hydrogen-bond acceptors (Lipinski definition) is 4. The predicted octanol–water partition coefficient (Wildman–Crippen LogP) is 2.68. The standard InChI is InChI=1S/C24H36N8/c1-5-32-13-7-9-20(32)15-27-24(28-16-22-30-29-18(3)31(22)4)25-12-11-19-14-26-21-10-6-8-17(2)23(19)21/h6,8,10,14,20,26H,5,7,9,11-13,15-16H2,1-4H3,(H2,25,27,28). The zero-order valence-electron chi connectivity index (χ0n) is 19.8. The van der Waals surface area contributed by atoms with E-state index in [9.17, 15) is 0 Å². The molecule has 3 N–H and O–H groups in total. The van der Waals surface area contributed by atoms with E-state index >= 15 is 0 Å². The molecule has 1 aliphatic heterocycles. The fourth-order valence-electron chi connectivity index (χ4n) is 4.63. The maximum Gasteiger partial charge on any atom is 0.191 e. The van der Waals surface area contributed by atoms with Gasteiger partial charge in [0.15, 0.2) is 11.8 Å². The van der Waals surface area contributed by atoms with Crippen LogP contribution in [0.2, 0.25) is 0 Å². The van der Waals surface area contributed by atoms with E-state index in [0.29, 0.717) is 12.6 Å². The lowest BCUT2D eigenvalue weighted by molar-refractivity contribution is 0.267. The molecule has 1 saturated heterocycles. The number of H-pyrrole nitrogens is 1. The molecule has 0 bridgehead atoms. The van der Waals surface area contributed by atoms with Crippen LogP contribution in [0.4, 0.5) is 0 Å². The van der Waals surface area contributed by atoms with Crippen molar-refractivity contribution in [1.82, 2.24) is 35.3 Å². The minimum atomic E-state index is 0.501. The van der Waals surface area contributed by atoms with E-state index in [4.69, 9.17) is 4.99 Å². The zero-order chi connectivity index (χ0) is 22.5. The van der Waals surface area contributed by atoms with E-state index in [2.05, 4.69) is 69.0 Å². The van der Waals surface area contributed by atoms with E-state index < -0.39 is 0 Å². The van der Waals surface area contributed by atoms with Crippen LogP contribution in [0.15, 0.2) is 29.4 Å². The van der Waals surface area contributed by atoms with Crippen LogP contribution in [0.25, 0.3) is 10.9 Å². The molecular formula is C24H36N8. The van der Waals surface area contributed by atoms with Gasteiger partial charge in [-0.1, -0.05) is 19.1 Å². The average molecular weight is 437 g/mol. The highest BCUT2D eigenvalue weighted by atomic mass is 15.3. The summed E-state index contributed by atoms with van der Waals surface area (Å²) in [7, 11) is 1.98. The minimum absolute atomic E-state index is 0.501. The molecule has 1 unspecified atom stereocenters. The van der Waals surface area contributed by atoms with Gasteiger partial charge in [0, 0.05) is 43.3 Å². The van der Waals surface area contributed by atoms with Crippen LogP contribution in [-0.2, 0) is 20.0 Å². The molecule has 1 aliphatic rings. The molecule has 0 aliphatic carbocycles. The second-order valence-electron chi connectivity index (χ2n) is 8.68. The monoisotopic (exact) mass is 436 g/mol. The van der Waals surface area contributed by atoms with E-state index in [1.807, 2.05) is 18.5 Å². The number of benzene rings is 1. The third kappa shape index (κ3) is 4.96. The average Bonchev–Trinajstić information content (AvgIpc) is 3.50. The van der Waals surface area contributed by atoms with Crippen molar-refractivity contribution in [3.8, 4) is 0 Å². The van der Waals surface area contributed by atoms with Gasteiger partial charge in [0.1, 0.15) is 12.4 Å². The molecule has 4 rings (SSSR count). The molecule has 3 heterocycles. The Morgan fingerprint density at radius 1 is 1.25 bits per heavy atom. The lowest BCUT2D eigenvalue weighted by atomic mass is 10.1. The van der Waals surface area contributed by atoms with E-state index in [-0.39, 0.29) is 0 Å². The number of fused-ring (bicyclic) bond motifs is 1. The molecule has 1 aromatic carbocycles. The molecular weight excluding hydrogens is 400 g/mol. The molecule has 0 spiro atoms. The number of aliphatic imine (C=N–C) groups is 1. The highest BCUT2D eigenvalue weighted by Gasteiger charge is 2.22. The van der Waals surface area contributed by atoms with Crippen molar-refractivity contribution < 1.29 is 0 Å². The summed E-state index contributed by atoms with van der Waals surface area (Å²) in [6.45, 7) is 10.9. The minimum Gasteiger partial charge on any atom is -0.361 e. The first-order valence-corrected chi connectivity index (χ1v) is 11.7. The number of hydrogen-bond donors (Lipinski definition) is 3. The predicted molar refractivity (Wildman–Crippen MR) is 130 cm³/mol. The third-order valence-corrected chi connectivity index (χ3v) is 6.65. The highest BCUT2D eigenvalue weighted by molar-refractivity contribution is 5.86. The van der Waals surface area contributed by atoms with Crippen LogP contribution < -0.4 is 10.6 Å². The quantitative estimate of drug-likeness (QED) is 0.373. The number of aromatic amines is 1. The lowest BCUT2D eigenvalue weighted by Gasteiger charge is -2.24. The largest absolute Gasteiger partial charge is 0.361 e. The maximum atomic E-state index is 4.82. The van der Waals surface area contributed by atoms with Crippen molar-refractivity contribution in [3.05, 3.63) is 47.2 Å². The van der Waals surface area contributed by atoms with E-state index in [1.54, 1.807) is 0 Å². The van der Waals surface area contributed by atoms with Gasteiger partial charge in [0.25, 0.3) is 0 Å². The SMILES string of the molecule is CCN1CCCC1CNC(=NCc1nnc(C)n1C)NCCc1c[nH]c2cccc(C)c12. The van der Waals surface area contributed by atoms with Crippen LogP contribution in [-0.4, -0.2) is 62.8 Å². The first-order chi connectivity index (χ1) is 15.6. The van der Waals surface area contributed by atoms with Crippen LogP contribution in [0, 0.1) is 13.8 Å². The molecule has 3 aromatic rings. The number of nitrogens with zero attached hydrogens (tertiary/aromatic N) is 5. The summed E-state index contributed by atoms with van der Waals surface area (Å²) in [6.07, 6.45) is 5.58. The molecule has 1 atom stereocenters. The van der Waals surface area contributed by atoms with Crippen LogP contribution in [0.1, 0.15) is 42.5 Å². The Bertz CT molecular complexity index is 1060. The van der Waals surface area contributed by atoms with Crippen molar-refractivity contribution in [1.29, 1.82) is 0 Å². The Labute approximate surface area is 190 Å². The molecule has 8 heteroatoms. The van der Waals surface area contributed by atoms with Gasteiger partial charge >= 0.3 is 0 Å². The summed E-state index contributed by atoms with van der Waals surface area (Å²) in [5.74, 6) is 2.61. The lowest BCUT2D eigenvalue weighted by Crippen LogP contribution is -2.45. The van der Waals surface area contributed by atoms with E-state index in [1.165, 1.54) is 41.4 Å². The van der Waals surface area contributed by atoms with Gasteiger partial charge < -0.3 is 20.2 Å². The second kappa shape index (κ2) is 10.2. The molecule has 0 saturated carbocycles. The molecule has 32 heavy (non-hydrogen) atoms. The van der Waals surface area contributed by atoms with Gasteiger partial charge in [0.2, 0.25) is 0 Å². The molecule has 1 fully saturated rings. The molecule has 0 radical (unpaired) electrons. The summed E-state index contributed by atoms with van der Waals surface area (Å²) in [5, 5.41) is 16.9. The normalized spacial score (nSPS) is 17.4. The number of nitrogens with one attached hydrogen (secondary N) is 3. The number of likely N-dealkylation sites (tertiary alicyclic amines) is 1. The highest BCUT2D eigenvalue weighted by Crippen LogP contribution is 2.22. The summed E-state index contributed by atoms with van der Waals surface area (Å²) in [6, 6.07) is 6.98. The Balaban J connectivity index is 1.41. The van der Waals surface area contributed by atoms with Crippen molar-refractivity contribution in [2.75, 3.05) is 26.2 Å². The van der Waals surface area contributed by atoms with Crippen LogP contribution >= 0.6 is 0 Å². The Morgan fingerprint density at radius 3 is 2.91 bits per heavy atom. The summed E-state index contributed by atoms with van der Waals surface area (Å²) in [4.78, 5) is 10.8. The number of rotatable bonds is 8. The fourth-order valence-corrected chi connectivity index (χ4v) is 4.63. The van der Waals surface area contributed by atoms with Gasteiger partial charge in [-0.15, -0.1) is 10.2 Å². The summed E-state index contributed by atoms with van der Waals surface area (Å²) in [5.41, 5.74) is 3.84. The Hall–Kier alpha value is -2.87. The first-order valence-electron chi connectivity index (χ1n) is 11.7. The van der Waals surface area contributed by atoms with Gasteiger partial charge in [-0.3, -0.25) is 4.90 Å². The van der Waals surface area contributed by atoms with Crippen molar-refractivity contribution in [2.24, 2.45) is 12.0 Å². The zero-order valence-corrected chi connectivity index (χ0v) is 19.8. The number of guanidine groups is 1. The number of aryl methyl sites for hydroxylation is 2. The van der Waals surface area contributed by atoms with Gasteiger partial charge in [-0.2, -0.15) is 0 Å². The van der Waals surface area contributed by atoms with E-state index in [0.717, 1.165) is 43.7 Å². The van der Waals surface area contributed by atoms with Crippen molar-refractivity contribution >= 4 is 16.9 Å². The smallest absolute Gasteiger partial charge is 0.191 e. The number of likely N-dealkylation sites (N-methyl/N-ethyl adjacent to an activating group) is 1. The third-order valence-electron chi connectivity index (χ3n) is 6.65. The molecule has 8 nitrogen and oxygen atoms in total. The fraction of sp³-hybridized carbons (Fsp3) is 0.542. The van der Waals surface area contributed by atoms with Crippen molar-refractivity contribution in [3.63, 3.8) is 0 Å². The van der Waals surface area contributed by atoms with Gasteiger partial charge in [-0.25, -0.2) is 4.99 Å². The summed E-state index contributed by atoms with van der Waals surface area (Å²) >= 11 is 0. The molecule has 0 amide bonds. The topological polar surface area (TPSA) is 86.2 Å².